The topological polar surface area (TPSA) is 18.5 Å². The molecule has 1 aliphatic rings. The summed E-state index contributed by atoms with van der Waals surface area (Å²) in [6.45, 7) is 0.496. The quantitative estimate of drug-likeness (QED) is 0.597. The van der Waals surface area contributed by atoms with Gasteiger partial charge in [0.1, 0.15) is 0 Å². The van der Waals surface area contributed by atoms with Gasteiger partial charge < -0.3 is 4.74 Å². The summed E-state index contributed by atoms with van der Waals surface area (Å²) in [4.78, 5) is 0. The predicted molar refractivity (Wildman–Crippen MR) is 26.3 cm³/mol. The van der Waals surface area contributed by atoms with Crippen LogP contribution in [0.15, 0.2) is 0 Å². The molecule has 10 heavy (non-hydrogen) atoms. The Kier molecular flexibility index (Phi) is 2.15. The van der Waals surface area contributed by atoms with E-state index in [0.717, 1.165) is 0 Å². The van der Waals surface area contributed by atoms with Gasteiger partial charge in [0, 0.05) is 5.92 Å². The molecule has 0 bridgehead atoms. The lowest BCUT2D eigenvalue weighted by molar-refractivity contribution is -0.333. The fraction of sp³-hybridized carbons (Fsp3) is 1.00. The van der Waals surface area contributed by atoms with Crippen LogP contribution in [0.2, 0.25) is 0 Å². The second-order valence-electron chi connectivity index (χ2n) is 2.16. The van der Waals surface area contributed by atoms with Crippen molar-refractivity contribution in [1.82, 2.24) is 0 Å². The molecule has 0 N–H and O–H groups in total. The molecule has 0 aliphatic carbocycles. The second kappa shape index (κ2) is 2.75. The van der Waals surface area contributed by atoms with Crippen molar-refractivity contribution in [2.75, 3.05) is 19.8 Å². The fourth-order valence-corrected chi connectivity index (χ4v) is 0.593. The van der Waals surface area contributed by atoms with Crippen LogP contribution in [-0.4, -0.2) is 26.2 Å². The van der Waals surface area contributed by atoms with Crippen molar-refractivity contribution in [3.8, 4) is 0 Å². The average Bonchev–Trinajstić information content (AvgIpc) is 1.56. The van der Waals surface area contributed by atoms with Crippen LogP contribution >= 0.6 is 0 Å². The zero-order chi connectivity index (χ0) is 7.61. The van der Waals surface area contributed by atoms with E-state index in [1.54, 1.807) is 0 Å². The van der Waals surface area contributed by atoms with Gasteiger partial charge in [-0.15, -0.1) is 13.2 Å². The Labute approximate surface area is 55.9 Å². The molecule has 0 amide bonds. The molecule has 0 spiro atoms. The Hall–Kier alpha value is -0.290. The van der Waals surface area contributed by atoms with Gasteiger partial charge in [-0.05, 0) is 0 Å². The molecule has 5 heteroatoms. The van der Waals surface area contributed by atoms with Crippen LogP contribution in [-0.2, 0) is 9.47 Å². The van der Waals surface area contributed by atoms with E-state index in [-0.39, 0.29) is 12.5 Å². The van der Waals surface area contributed by atoms with E-state index in [2.05, 4.69) is 9.47 Å². The zero-order valence-electron chi connectivity index (χ0n) is 5.15. The molecule has 0 atom stereocenters. The van der Waals surface area contributed by atoms with Crippen molar-refractivity contribution in [1.29, 1.82) is 0 Å². The third kappa shape index (κ3) is 2.53. The highest BCUT2D eigenvalue weighted by Crippen LogP contribution is 2.19. The Morgan fingerprint density at radius 3 is 2.30 bits per heavy atom. The monoisotopic (exact) mass is 156 g/mol. The number of alkyl halides is 3. The average molecular weight is 156 g/mol. The summed E-state index contributed by atoms with van der Waals surface area (Å²) in [6, 6.07) is 0. The Morgan fingerprint density at radius 2 is 2.00 bits per heavy atom. The summed E-state index contributed by atoms with van der Waals surface area (Å²) in [5.74, 6) is -0.0679. The highest BCUT2D eigenvalue weighted by atomic mass is 19.4. The van der Waals surface area contributed by atoms with Gasteiger partial charge in [-0.2, -0.15) is 0 Å². The SMILES string of the molecule is FC(F)(F)OCC1COC1. The summed E-state index contributed by atoms with van der Waals surface area (Å²) < 4.78 is 42.1. The molecular formula is C5H7F3O2. The van der Waals surface area contributed by atoms with Gasteiger partial charge in [0.05, 0.1) is 19.8 Å². The Bertz CT molecular complexity index is 108. The zero-order valence-corrected chi connectivity index (χ0v) is 5.15. The number of hydrogen-bond acceptors (Lipinski definition) is 2. The normalized spacial score (nSPS) is 20.7. The minimum absolute atomic E-state index is 0.0679. The van der Waals surface area contributed by atoms with Crippen molar-refractivity contribution in [2.45, 2.75) is 6.36 Å². The molecular weight excluding hydrogens is 149 g/mol. The van der Waals surface area contributed by atoms with Crippen LogP contribution < -0.4 is 0 Å². The molecule has 2 nitrogen and oxygen atoms in total. The number of rotatable bonds is 2. The first-order chi connectivity index (χ1) is 4.58. The summed E-state index contributed by atoms with van der Waals surface area (Å²) in [6.07, 6.45) is -4.49. The lowest BCUT2D eigenvalue weighted by Crippen LogP contribution is -2.33. The lowest BCUT2D eigenvalue weighted by Gasteiger charge is -2.25. The van der Waals surface area contributed by atoms with Crippen molar-refractivity contribution < 1.29 is 22.6 Å². The molecule has 0 radical (unpaired) electrons. The predicted octanol–water partition coefficient (Wildman–Crippen LogP) is 1.17. The molecule has 1 saturated heterocycles. The molecule has 1 rings (SSSR count). The Balaban J connectivity index is 2.04. The summed E-state index contributed by atoms with van der Waals surface area (Å²) in [5, 5.41) is 0. The maximum Gasteiger partial charge on any atom is 0.522 e. The highest BCUT2D eigenvalue weighted by Gasteiger charge is 2.32. The molecule has 60 valence electrons. The molecule has 1 aliphatic heterocycles. The Morgan fingerprint density at radius 1 is 1.40 bits per heavy atom. The summed E-state index contributed by atoms with van der Waals surface area (Å²) in [5.41, 5.74) is 0. The first kappa shape index (κ1) is 7.81. The number of hydrogen-bond donors (Lipinski definition) is 0. The first-order valence-corrected chi connectivity index (χ1v) is 2.86. The van der Waals surface area contributed by atoms with Gasteiger partial charge in [0.25, 0.3) is 0 Å². The second-order valence-corrected chi connectivity index (χ2v) is 2.16. The molecule has 0 aromatic heterocycles. The van der Waals surface area contributed by atoms with Gasteiger partial charge in [-0.3, -0.25) is 4.74 Å². The van der Waals surface area contributed by atoms with E-state index in [1.807, 2.05) is 0 Å². The first-order valence-electron chi connectivity index (χ1n) is 2.86. The van der Waals surface area contributed by atoms with Crippen LogP contribution in [0.25, 0.3) is 0 Å². The maximum atomic E-state index is 11.3. The molecule has 0 unspecified atom stereocenters. The minimum atomic E-state index is -4.49. The third-order valence-corrected chi connectivity index (χ3v) is 1.19. The van der Waals surface area contributed by atoms with Crippen molar-refractivity contribution in [3.05, 3.63) is 0 Å². The molecule has 1 heterocycles. The van der Waals surface area contributed by atoms with E-state index < -0.39 is 6.36 Å². The van der Waals surface area contributed by atoms with Crippen LogP contribution in [0.1, 0.15) is 0 Å². The van der Waals surface area contributed by atoms with Crippen LogP contribution in [0, 0.1) is 5.92 Å². The van der Waals surface area contributed by atoms with Gasteiger partial charge in [-0.25, -0.2) is 0 Å². The molecule has 0 aromatic carbocycles. The van der Waals surface area contributed by atoms with Crippen LogP contribution in [0.3, 0.4) is 0 Å². The van der Waals surface area contributed by atoms with Crippen molar-refractivity contribution in [3.63, 3.8) is 0 Å². The van der Waals surface area contributed by atoms with Gasteiger partial charge in [0.15, 0.2) is 0 Å². The van der Waals surface area contributed by atoms with Gasteiger partial charge in [0.2, 0.25) is 0 Å². The summed E-state index contributed by atoms with van der Waals surface area (Å²) >= 11 is 0. The van der Waals surface area contributed by atoms with Crippen LogP contribution in [0.5, 0.6) is 0 Å². The van der Waals surface area contributed by atoms with E-state index in [0.29, 0.717) is 13.2 Å². The number of ether oxygens (including phenoxy) is 2. The molecule has 0 saturated carbocycles. The smallest absolute Gasteiger partial charge is 0.381 e. The van der Waals surface area contributed by atoms with Crippen molar-refractivity contribution >= 4 is 0 Å². The largest absolute Gasteiger partial charge is 0.522 e. The van der Waals surface area contributed by atoms with Gasteiger partial charge in [-0.1, -0.05) is 0 Å². The maximum absolute atomic E-state index is 11.3. The van der Waals surface area contributed by atoms with E-state index in [9.17, 15) is 13.2 Å². The van der Waals surface area contributed by atoms with Gasteiger partial charge >= 0.3 is 6.36 Å². The lowest BCUT2D eigenvalue weighted by atomic mass is 10.1. The van der Waals surface area contributed by atoms with Crippen LogP contribution in [0.4, 0.5) is 13.2 Å². The third-order valence-electron chi connectivity index (χ3n) is 1.19. The highest BCUT2D eigenvalue weighted by molar-refractivity contribution is 4.63. The fourth-order valence-electron chi connectivity index (χ4n) is 0.593. The molecule has 1 fully saturated rings. The standard InChI is InChI=1S/C5H7F3O2/c6-5(7,8)10-3-4-1-9-2-4/h4H,1-3H2. The number of halogens is 3. The van der Waals surface area contributed by atoms with Crippen molar-refractivity contribution in [2.24, 2.45) is 5.92 Å². The van der Waals surface area contributed by atoms with E-state index in [4.69, 9.17) is 0 Å². The van der Waals surface area contributed by atoms with E-state index >= 15 is 0 Å². The summed E-state index contributed by atoms with van der Waals surface area (Å²) in [7, 11) is 0. The minimum Gasteiger partial charge on any atom is -0.381 e. The molecule has 0 aromatic rings. The van der Waals surface area contributed by atoms with E-state index in [1.165, 1.54) is 0 Å².